The summed E-state index contributed by atoms with van der Waals surface area (Å²) in [4.78, 5) is 50.1. The number of imide groups is 1. The molecule has 5 heterocycles. The Bertz CT molecular complexity index is 1590. The molecule has 0 atom stereocenters. The Labute approximate surface area is 251 Å². The number of amides is 3. The number of fused-ring (bicyclic) bond motifs is 1. The maximum atomic E-state index is 12.9. The Balaban J connectivity index is 1.52. The van der Waals surface area contributed by atoms with E-state index in [0.29, 0.717) is 35.6 Å². The van der Waals surface area contributed by atoms with Gasteiger partial charge in [0.05, 0.1) is 36.8 Å². The van der Waals surface area contributed by atoms with E-state index >= 15 is 0 Å². The first kappa shape index (κ1) is 30.4. The number of anilines is 1. The van der Waals surface area contributed by atoms with Gasteiger partial charge >= 0.3 is 6.09 Å². The summed E-state index contributed by atoms with van der Waals surface area (Å²) in [7, 11) is -1.23. The number of nitrogens with zero attached hydrogens (tertiary/aromatic N) is 8. The molecule has 0 aromatic carbocycles. The van der Waals surface area contributed by atoms with Crippen LogP contribution in [0.1, 0.15) is 40.0 Å². The molecule has 5 rings (SSSR count). The molecule has 3 amide bonds. The molecule has 2 aliphatic heterocycles. The Morgan fingerprint density at radius 1 is 1.14 bits per heavy atom. The van der Waals surface area contributed by atoms with E-state index < -0.39 is 25.3 Å². The number of aromatic nitrogens is 5. The maximum Gasteiger partial charge on any atom is 0.410 e. The number of carbonyl (C=O) groups is 3. The molecule has 0 aliphatic carbocycles. The number of rotatable bonds is 9. The largest absolute Gasteiger partial charge is 0.444 e. The van der Waals surface area contributed by atoms with Crippen molar-refractivity contribution in [2.24, 2.45) is 0 Å². The Morgan fingerprint density at radius 2 is 1.84 bits per heavy atom. The van der Waals surface area contributed by atoms with E-state index in [9.17, 15) is 19.6 Å². The summed E-state index contributed by atoms with van der Waals surface area (Å²) in [6.45, 7) is 13.6. The highest BCUT2D eigenvalue weighted by molar-refractivity contribution is 6.76. The first-order valence-electron chi connectivity index (χ1n) is 14.4. The van der Waals surface area contributed by atoms with Crippen LogP contribution >= 0.6 is 0 Å². The van der Waals surface area contributed by atoms with E-state index in [1.165, 1.54) is 11.2 Å². The molecule has 0 bridgehead atoms. The van der Waals surface area contributed by atoms with Crippen molar-refractivity contribution in [3.05, 3.63) is 24.8 Å². The Hall–Kier alpha value is -4.09. The molecule has 2 saturated heterocycles. The van der Waals surface area contributed by atoms with Crippen molar-refractivity contribution in [3.63, 3.8) is 0 Å². The van der Waals surface area contributed by atoms with Crippen LogP contribution in [0.15, 0.2) is 24.8 Å². The lowest BCUT2D eigenvalue weighted by molar-refractivity contribution is -0.121. The van der Waals surface area contributed by atoms with Crippen molar-refractivity contribution in [1.29, 1.82) is 5.26 Å². The van der Waals surface area contributed by atoms with Crippen molar-refractivity contribution >= 4 is 42.8 Å². The molecular formula is C29H38N8O5Si. The van der Waals surface area contributed by atoms with Crippen LogP contribution in [0, 0.1) is 11.3 Å². The number of hydrogen-bond acceptors (Lipinski definition) is 9. The summed E-state index contributed by atoms with van der Waals surface area (Å²) in [5.41, 5.74) is 0.0623. The average Bonchev–Trinajstić information content (AvgIpc) is 3.59. The molecule has 0 unspecified atom stereocenters. The molecule has 2 aliphatic rings. The highest BCUT2D eigenvalue weighted by Crippen LogP contribution is 2.40. The molecule has 13 nitrogen and oxygen atoms in total. The summed E-state index contributed by atoms with van der Waals surface area (Å²) in [5.74, 6) is -0.554. The molecule has 0 spiro atoms. The van der Waals surface area contributed by atoms with Gasteiger partial charge in [-0.25, -0.2) is 19.7 Å². The number of likely N-dealkylation sites (tertiary alicyclic amines) is 1. The summed E-state index contributed by atoms with van der Waals surface area (Å²) in [5, 5.41) is 15.2. The second-order valence-corrected chi connectivity index (χ2v) is 19.0. The second kappa shape index (κ2) is 11.2. The zero-order valence-electron chi connectivity index (χ0n) is 25.6. The van der Waals surface area contributed by atoms with Crippen LogP contribution in [0.5, 0.6) is 0 Å². The van der Waals surface area contributed by atoms with Gasteiger partial charge in [0.2, 0.25) is 11.8 Å². The van der Waals surface area contributed by atoms with Crippen molar-refractivity contribution < 1.29 is 23.9 Å². The normalized spacial score (nSPS) is 17.0. The first-order valence-corrected chi connectivity index (χ1v) is 18.1. The fourth-order valence-electron chi connectivity index (χ4n) is 5.22. The average molecular weight is 607 g/mol. The van der Waals surface area contributed by atoms with Gasteiger partial charge in [-0.2, -0.15) is 10.4 Å². The van der Waals surface area contributed by atoms with Gasteiger partial charge in [-0.1, -0.05) is 19.6 Å². The van der Waals surface area contributed by atoms with E-state index in [1.54, 1.807) is 31.6 Å². The number of carbonyl (C=O) groups excluding carboxylic acids is 3. The molecule has 3 aromatic rings. The minimum absolute atomic E-state index is 0.0546. The molecule has 14 heteroatoms. The zero-order chi connectivity index (χ0) is 31.2. The summed E-state index contributed by atoms with van der Waals surface area (Å²) in [6.07, 6.45) is 4.76. The highest BCUT2D eigenvalue weighted by atomic mass is 28.3. The molecule has 3 aromatic heterocycles. The topological polar surface area (TPSA) is 148 Å². The lowest BCUT2D eigenvalue weighted by Crippen LogP contribution is -2.64. The second-order valence-electron chi connectivity index (χ2n) is 13.4. The summed E-state index contributed by atoms with van der Waals surface area (Å²) in [6, 6.07) is 5.13. The van der Waals surface area contributed by atoms with Crippen LogP contribution in [-0.4, -0.2) is 80.5 Å². The zero-order valence-corrected chi connectivity index (χ0v) is 26.6. The van der Waals surface area contributed by atoms with Crippen molar-refractivity contribution in [3.8, 4) is 17.3 Å². The fourth-order valence-corrected chi connectivity index (χ4v) is 5.98. The minimum atomic E-state index is -1.23. The Kier molecular flexibility index (Phi) is 7.91. The molecule has 228 valence electrons. The maximum absolute atomic E-state index is 12.9. The lowest BCUT2D eigenvalue weighted by atomic mass is 9.87. The van der Waals surface area contributed by atoms with Crippen LogP contribution in [0.2, 0.25) is 25.7 Å². The highest BCUT2D eigenvalue weighted by Gasteiger charge is 2.50. The van der Waals surface area contributed by atoms with Crippen LogP contribution < -0.4 is 4.90 Å². The molecular weight excluding hydrogens is 568 g/mol. The molecule has 2 fully saturated rings. The van der Waals surface area contributed by atoms with E-state index in [2.05, 4.69) is 35.7 Å². The molecule has 0 radical (unpaired) electrons. The van der Waals surface area contributed by atoms with Crippen molar-refractivity contribution in [2.75, 3.05) is 24.6 Å². The van der Waals surface area contributed by atoms with Gasteiger partial charge in [0.15, 0.2) is 5.82 Å². The van der Waals surface area contributed by atoms with Crippen LogP contribution in [0.25, 0.3) is 22.3 Å². The van der Waals surface area contributed by atoms with Gasteiger partial charge < -0.3 is 18.9 Å². The molecule has 43 heavy (non-hydrogen) atoms. The van der Waals surface area contributed by atoms with E-state index in [0.717, 1.165) is 10.9 Å². The third-order valence-corrected chi connectivity index (χ3v) is 9.22. The molecule has 0 saturated carbocycles. The minimum Gasteiger partial charge on any atom is -0.444 e. The van der Waals surface area contributed by atoms with Gasteiger partial charge in [-0.3, -0.25) is 14.3 Å². The third kappa shape index (κ3) is 6.18. The van der Waals surface area contributed by atoms with Crippen LogP contribution in [0.4, 0.5) is 10.6 Å². The van der Waals surface area contributed by atoms with Gasteiger partial charge in [-0.05, 0) is 32.9 Å². The predicted molar refractivity (Wildman–Crippen MR) is 161 cm³/mol. The van der Waals surface area contributed by atoms with Gasteiger partial charge in [-0.15, -0.1) is 0 Å². The smallest absolute Gasteiger partial charge is 0.410 e. The monoisotopic (exact) mass is 606 g/mol. The third-order valence-electron chi connectivity index (χ3n) is 7.51. The number of nitriles is 1. The standard InChI is InChI=1S/C29H38N8O5Si/c1-28(2,3)42-27(40)35-16-29(17-35,10-11-30)36-15-21(26(33-36)37-22(38)7-8-23(37)39)24-20-9-12-34(25(20)32-18-31-24)19-41-13-14-43(4,5)6/h9,12,15,18H,7-8,10,13-14,16-17,19H2,1-6H3. The lowest BCUT2D eigenvalue weighted by Gasteiger charge is -2.48. The van der Waals surface area contributed by atoms with Gasteiger partial charge in [0, 0.05) is 45.3 Å². The SMILES string of the molecule is CC(C)(C)OC(=O)N1CC(CC#N)(n2cc(-c3ncnc4c3ccn4COCC[Si](C)(C)C)c(N3C(=O)CCC3=O)n2)C1. The fraction of sp³-hybridized carbons (Fsp3) is 0.552. The summed E-state index contributed by atoms with van der Waals surface area (Å²) >= 11 is 0. The van der Waals surface area contributed by atoms with Gasteiger partial charge in [0.25, 0.3) is 0 Å². The summed E-state index contributed by atoms with van der Waals surface area (Å²) < 4.78 is 15.0. The van der Waals surface area contributed by atoms with Crippen molar-refractivity contribution in [2.45, 2.75) is 83.6 Å². The van der Waals surface area contributed by atoms with Crippen molar-refractivity contribution in [1.82, 2.24) is 29.2 Å². The van der Waals surface area contributed by atoms with E-state index in [1.807, 2.05) is 16.8 Å². The number of hydrogen-bond donors (Lipinski definition) is 0. The Morgan fingerprint density at radius 3 is 2.47 bits per heavy atom. The van der Waals surface area contributed by atoms with E-state index in [-0.39, 0.29) is 50.0 Å². The van der Waals surface area contributed by atoms with E-state index in [4.69, 9.17) is 14.6 Å². The predicted octanol–water partition coefficient (Wildman–Crippen LogP) is 4.12. The van der Waals surface area contributed by atoms with Crippen LogP contribution in [0.3, 0.4) is 0 Å². The van der Waals surface area contributed by atoms with Crippen LogP contribution in [-0.2, 0) is 31.3 Å². The first-order chi connectivity index (χ1) is 20.2. The molecule has 0 N–H and O–H groups in total. The quantitative estimate of drug-likeness (QED) is 0.199. The van der Waals surface area contributed by atoms with Gasteiger partial charge in [0.1, 0.15) is 29.8 Å². The number of ether oxygens (including phenoxy) is 2.